The summed E-state index contributed by atoms with van der Waals surface area (Å²) in [6.45, 7) is 5.45. The molecule has 1 N–H and O–H groups in total. The van der Waals surface area contributed by atoms with Gasteiger partial charge in [-0.2, -0.15) is 0 Å². The van der Waals surface area contributed by atoms with Crippen LogP contribution < -0.4 is 5.32 Å². The zero-order valence-electron chi connectivity index (χ0n) is 17.7. The van der Waals surface area contributed by atoms with E-state index in [1.54, 1.807) is 7.11 Å². The van der Waals surface area contributed by atoms with E-state index in [1.807, 2.05) is 29.2 Å². The molecule has 3 rings (SSSR count). The van der Waals surface area contributed by atoms with E-state index >= 15 is 0 Å². The number of hydrogen-bond acceptors (Lipinski definition) is 5. The van der Waals surface area contributed by atoms with E-state index in [0.717, 1.165) is 12.0 Å². The molecule has 0 bridgehead atoms. The van der Waals surface area contributed by atoms with Crippen LogP contribution in [0, 0.1) is 0 Å². The van der Waals surface area contributed by atoms with Crippen molar-refractivity contribution in [3.8, 4) is 0 Å². The summed E-state index contributed by atoms with van der Waals surface area (Å²) in [7, 11) is 1.65. The summed E-state index contributed by atoms with van der Waals surface area (Å²) in [5.41, 5.74) is 0.460. The molecule has 0 aliphatic carbocycles. The van der Waals surface area contributed by atoms with Crippen molar-refractivity contribution >= 4 is 23.4 Å². The van der Waals surface area contributed by atoms with E-state index < -0.39 is 5.41 Å². The molecular weight excluding hydrogens is 406 g/mol. The first-order valence-electron chi connectivity index (χ1n) is 10.7. The van der Waals surface area contributed by atoms with Crippen LogP contribution in [-0.2, 0) is 24.5 Å². The summed E-state index contributed by atoms with van der Waals surface area (Å²) in [4.78, 5) is 29.8. The fourth-order valence-electron chi connectivity index (χ4n) is 4.23. The number of nitrogens with zero attached hydrogens (tertiary/aromatic N) is 2. The van der Waals surface area contributed by atoms with Crippen molar-refractivity contribution in [3.63, 3.8) is 0 Å². The van der Waals surface area contributed by atoms with Crippen molar-refractivity contribution < 1.29 is 19.1 Å². The van der Waals surface area contributed by atoms with Crippen molar-refractivity contribution in [1.82, 2.24) is 15.1 Å². The highest BCUT2D eigenvalue weighted by molar-refractivity contribution is 6.30. The van der Waals surface area contributed by atoms with Gasteiger partial charge in [-0.3, -0.25) is 14.5 Å². The van der Waals surface area contributed by atoms with Crippen LogP contribution in [0.4, 0.5) is 0 Å². The molecule has 0 atom stereocenters. The molecule has 2 aliphatic heterocycles. The molecule has 0 saturated carbocycles. The number of piperazine rings is 1. The first-order chi connectivity index (χ1) is 14.5. The van der Waals surface area contributed by atoms with E-state index in [-0.39, 0.29) is 11.8 Å². The molecule has 30 heavy (non-hydrogen) atoms. The lowest BCUT2D eigenvalue weighted by molar-refractivity contribution is -0.143. The summed E-state index contributed by atoms with van der Waals surface area (Å²) in [5, 5.41) is 3.59. The third-order valence-electron chi connectivity index (χ3n) is 6.03. The van der Waals surface area contributed by atoms with Gasteiger partial charge in [-0.1, -0.05) is 23.7 Å². The minimum absolute atomic E-state index is 0.0212. The molecule has 166 valence electrons. The number of methoxy groups -OCH3 is 1. The molecule has 7 nitrogen and oxygen atoms in total. The molecule has 0 radical (unpaired) electrons. The van der Waals surface area contributed by atoms with Crippen LogP contribution in [0.3, 0.4) is 0 Å². The highest BCUT2D eigenvalue weighted by Gasteiger charge is 2.44. The molecule has 0 spiro atoms. The zero-order valence-corrected chi connectivity index (χ0v) is 18.5. The van der Waals surface area contributed by atoms with Crippen LogP contribution in [-0.4, -0.2) is 87.8 Å². The molecule has 2 aliphatic rings. The summed E-state index contributed by atoms with van der Waals surface area (Å²) in [6.07, 6.45) is 2.16. The van der Waals surface area contributed by atoms with Crippen LogP contribution in [0.1, 0.15) is 24.8 Å². The SMILES string of the molecule is COCCCNC(=O)CN1CCN(C(=O)C2(c3ccc(Cl)cc3)CCOCC2)CC1. The molecule has 0 aromatic heterocycles. The second-order valence-corrected chi connectivity index (χ2v) is 8.40. The molecule has 0 unspecified atom stereocenters. The van der Waals surface area contributed by atoms with Crippen LogP contribution in [0.25, 0.3) is 0 Å². The number of nitrogens with one attached hydrogen (secondary N) is 1. The number of halogens is 1. The van der Waals surface area contributed by atoms with E-state index in [9.17, 15) is 9.59 Å². The van der Waals surface area contributed by atoms with Gasteiger partial charge in [-0.25, -0.2) is 0 Å². The third kappa shape index (κ3) is 5.72. The second kappa shape index (κ2) is 11.1. The normalized spacial score (nSPS) is 19.5. The van der Waals surface area contributed by atoms with Gasteiger partial charge >= 0.3 is 0 Å². The van der Waals surface area contributed by atoms with E-state index in [2.05, 4.69) is 10.2 Å². The van der Waals surface area contributed by atoms with Crippen molar-refractivity contribution in [3.05, 3.63) is 34.9 Å². The average Bonchev–Trinajstić information content (AvgIpc) is 2.78. The highest BCUT2D eigenvalue weighted by Crippen LogP contribution is 2.37. The topological polar surface area (TPSA) is 71.1 Å². The third-order valence-corrected chi connectivity index (χ3v) is 6.28. The largest absolute Gasteiger partial charge is 0.385 e. The Labute approximate surface area is 183 Å². The Morgan fingerprint density at radius 2 is 1.80 bits per heavy atom. The minimum atomic E-state index is -0.552. The predicted octanol–water partition coefficient (Wildman–Crippen LogP) is 1.69. The van der Waals surface area contributed by atoms with Gasteiger partial charge in [0.2, 0.25) is 11.8 Å². The Bertz CT molecular complexity index is 699. The molecule has 2 heterocycles. The maximum absolute atomic E-state index is 13.6. The Kier molecular flexibility index (Phi) is 8.50. The van der Waals surface area contributed by atoms with Crippen molar-refractivity contribution in [2.45, 2.75) is 24.7 Å². The van der Waals surface area contributed by atoms with Gasteiger partial charge in [0.25, 0.3) is 0 Å². The molecule has 2 saturated heterocycles. The molecular formula is C22H32ClN3O4. The maximum Gasteiger partial charge on any atom is 0.234 e. The molecule has 1 aromatic rings. The van der Waals surface area contributed by atoms with Gasteiger partial charge in [-0.15, -0.1) is 0 Å². The van der Waals surface area contributed by atoms with E-state index in [4.69, 9.17) is 21.1 Å². The van der Waals surface area contributed by atoms with Gasteiger partial charge in [0.1, 0.15) is 0 Å². The van der Waals surface area contributed by atoms with Crippen molar-refractivity contribution in [2.24, 2.45) is 0 Å². The summed E-state index contributed by atoms with van der Waals surface area (Å²) in [5.74, 6) is 0.185. The van der Waals surface area contributed by atoms with Gasteiger partial charge in [-0.05, 0) is 37.0 Å². The highest BCUT2D eigenvalue weighted by atomic mass is 35.5. The number of carbonyl (C=O) groups is 2. The van der Waals surface area contributed by atoms with E-state index in [0.29, 0.717) is 77.0 Å². The summed E-state index contributed by atoms with van der Waals surface area (Å²) >= 11 is 6.06. The fraction of sp³-hybridized carbons (Fsp3) is 0.636. The van der Waals surface area contributed by atoms with Crippen molar-refractivity contribution in [1.29, 1.82) is 0 Å². The lowest BCUT2D eigenvalue weighted by Gasteiger charge is -2.43. The first-order valence-corrected chi connectivity index (χ1v) is 11.0. The smallest absolute Gasteiger partial charge is 0.234 e. The summed E-state index contributed by atoms with van der Waals surface area (Å²) < 4.78 is 10.5. The molecule has 2 fully saturated rings. The number of carbonyl (C=O) groups excluding carboxylic acids is 2. The monoisotopic (exact) mass is 437 g/mol. The number of ether oxygens (including phenoxy) is 2. The minimum Gasteiger partial charge on any atom is -0.385 e. The Morgan fingerprint density at radius 3 is 2.43 bits per heavy atom. The van der Waals surface area contributed by atoms with E-state index in [1.165, 1.54) is 0 Å². The average molecular weight is 438 g/mol. The van der Waals surface area contributed by atoms with Crippen LogP contribution >= 0.6 is 11.6 Å². The van der Waals surface area contributed by atoms with Gasteiger partial charge < -0.3 is 19.7 Å². The zero-order chi connectivity index (χ0) is 21.4. The lowest BCUT2D eigenvalue weighted by Crippen LogP contribution is -2.56. The van der Waals surface area contributed by atoms with Gasteiger partial charge in [0, 0.05) is 64.7 Å². The standard InChI is InChI=1S/C22H32ClN3O4/c1-29-14-2-9-24-20(27)17-25-10-12-26(13-11-25)21(28)22(7-15-30-16-8-22)18-3-5-19(23)6-4-18/h3-6H,2,7-17H2,1H3,(H,24,27). The van der Waals surface area contributed by atoms with Crippen LogP contribution in [0.5, 0.6) is 0 Å². The molecule has 1 aromatic carbocycles. The Morgan fingerprint density at radius 1 is 1.13 bits per heavy atom. The number of hydrogen-bond donors (Lipinski definition) is 1. The fourth-order valence-corrected chi connectivity index (χ4v) is 4.36. The number of amides is 2. The van der Waals surface area contributed by atoms with Crippen molar-refractivity contribution in [2.75, 3.05) is 66.2 Å². The molecule has 8 heteroatoms. The summed E-state index contributed by atoms with van der Waals surface area (Å²) in [6, 6.07) is 7.64. The first kappa shape index (κ1) is 23.0. The van der Waals surface area contributed by atoms with Gasteiger partial charge in [0.05, 0.1) is 12.0 Å². The number of benzene rings is 1. The predicted molar refractivity (Wildman–Crippen MR) is 116 cm³/mol. The van der Waals surface area contributed by atoms with Crippen LogP contribution in [0.2, 0.25) is 5.02 Å². The number of rotatable bonds is 8. The second-order valence-electron chi connectivity index (χ2n) is 7.97. The van der Waals surface area contributed by atoms with Crippen LogP contribution in [0.15, 0.2) is 24.3 Å². The Hall–Kier alpha value is -1.67. The van der Waals surface area contributed by atoms with Gasteiger partial charge in [0.15, 0.2) is 0 Å². The quantitative estimate of drug-likeness (QED) is 0.626. The Balaban J connectivity index is 1.56. The molecule has 2 amide bonds. The maximum atomic E-state index is 13.6. The lowest BCUT2D eigenvalue weighted by atomic mass is 9.73.